The fourth-order valence-corrected chi connectivity index (χ4v) is 3.48. The SMILES string of the molecule is CC(C(=O)O)N(C)C(=O)c1cc2sccc2s1. The Morgan fingerprint density at radius 3 is 2.71 bits per heavy atom. The summed E-state index contributed by atoms with van der Waals surface area (Å²) in [6, 6.07) is 2.96. The van der Waals surface area contributed by atoms with Gasteiger partial charge in [-0.05, 0) is 24.4 Å². The highest BCUT2D eigenvalue weighted by Gasteiger charge is 2.24. The Balaban J connectivity index is 2.25. The van der Waals surface area contributed by atoms with Gasteiger partial charge in [-0.3, -0.25) is 4.79 Å². The summed E-state index contributed by atoms with van der Waals surface area (Å²) in [6.07, 6.45) is 0. The van der Waals surface area contributed by atoms with Gasteiger partial charge in [-0.15, -0.1) is 22.7 Å². The van der Waals surface area contributed by atoms with E-state index in [9.17, 15) is 9.59 Å². The van der Waals surface area contributed by atoms with Crippen molar-refractivity contribution in [1.82, 2.24) is 4.90 Å². The Labute approximate surface area is 106 Å². The molecule has 1 atom stereocenters. The van der Waals surface area contributed by atoms with Crippen LogP contribution in [0.1, 0.15) is 16.6 Å². The number of thiophene rings is 2. The number of nitrogens with zero attached hydrogens (tertiary/aromatic N) is 1. The van der Waals surface area contributed by atoms with Gasteiger partial charge in [-0.25, -0.2) is 4.79 Å². The third-order valence-electron chi connectivity index (χ3n) is 2.61. The molecule has 1 unspecified atom stereocenters. The van der Waals surface area contributed by atoms with E-state index in [2.05, 4.69) is 0 Å². The third kappa shape index (κ3) is 2.18. The van der Waals surface area contributed by atoms with E-state index in [1.54, 1.807) is 11.3 Å². The quantitative estimate of drug-likeness (QED) is 0.931. The molecule has 0 saturated heterocycles. The van der Waals surface area contributed by atoms with Gasteiger partial charge in [0.25, 0.3) is 5.91 Å². The molecule has 2 aromatic heterocycles. The lowest BCUT2D eigenvalue weighted by molar-refractivity contribution is -0.141. The maximum atomic E-state index is 12.0. The lowest BCUT2D eigenvalue weighted by Crippen LogP contribution is -2.39. The molecule has 0 spiro atoms. The molecule has 90 valence electrons. The number of hydrogen-bond acceptors (Lipinski definition) is 4. The van der Waals surface area contributed by atoms with E-state index in [1.165, 1.54) is 30.2 Å². The van der Waals surface area contributed by atoms with Crippen molar-refractivity contribution in [2.45, 2.75) is 13.0 Å². The first kappa shape index (κ1) is 12.1. The van der Waals surface area contributed by atoms with E-state index >= 15 is 0 Å². The lowest BCUT2D eigenvalue weighted by atomic mass is 10.3. The largest absolute Gasteiger partial charge is 0.480 e. The molecule has 0 aromatic carbocycles. The van der Waals surface area contributed by atoms with Gasteiger partial charge in [0.15, 0.2) is 0 Å². The van der Waals surface area contributed by atoms with Gasteiger partial charge in [0.2, 0.25) is 0 Å². The molecule has 4 nitrogen and oxygen atoms in total. The van der Waals surface area contributed by atoms with Crippen LogP contribution in [0.4, 0.5) is 0 Å². The summed E-state index contributed by atoms with van der Waals surface area (Å²) in [7, 11) is 1.51. The van der Waals surface area contributed by atoms with Crippen LogP contribution in [0.5, 0.6) is 0 Å². The normalized spacial score (nSPS) is 12.6. The van der Waals surface area contributed by atoms with Crippen LogP contribution in [-0.2, 0) is 4.79 Å². The maximum Gasteiger partial charge on any atom is 0.326 e. The fraction of sp³-hybridized carbons (Fsp3) is 0.273. The summed E-state index contributed by atoms with van der Waals surface area (Å²) < 4.78 is 2.13. The highest BCUT2D eigenvalue weighted by Crippen LogP contribution is 2.30. The van der Waals surface area contributed by atoms with Gasteiger partial charge in [0.05, 0.1) is 4.88 Å². The van der Waals surface area contributed by atoms with Gasteiger partial charge in [0, 0.05) is 16.4 Å². The minimum Gasteiger partial charge on any atom is -0.480 e. The number of fused-ring (bicyclic) bond motifs is 1. The Bertz CT molecular complexity index is 544. The average Bonchev–Trinajstić information content (AvgIpc) is 2.85. The summed E-state index contributed by atoms with van der Waals surface area (Å²) in [5, 5.41) is 10.8. The van der Waals surface area contributed by atoms with Crippen LogP contribution in [0.2, 0.25) is 0 Å². The fourth-order valence-electron chi connectivity index (χ4n) is 1.39. The number of carbonyl (C=O) groups is 2. The van der Waals surface area contributed by atoms with E-state index in [-0.39, 0.29) is 5.91 Å². The third-order valence-corrected chi connectivity index (χ3v) is 4.69. The van der Waals surface area contributed by atoms with Gasteiger partial charge in [-0.1, -0.05) is 0 Å². The Hall–Kier alpha value is -1.40. The highest BCUT2D eigenvalue weighted by molar-refractivity contribution is 7.27. The van der Waals surface area contributed by atoms with Gasteiger partial charge in [0.1, 0.15) is 6.04 Å². The second-order valence-electron chi connectivity index (χ2n) is 3.69. The van der Waals surface area contributed by atoms with Crippen LogP contribution in [0.3, 0.4) is 0 Å². The number of carbonyl (C=O) groups excluding carboxylic acids is 1. The van der Waals surface area contributed by atoms with Crippen LogP contribution in [-0.4, -0.2) is 35.0 Å². The number of amides is 1. The number of likely N-dealkylation sites (N-methyl/N-ethyl adjacent to an activating group) is 1. The maximum absolute atomic E-state index is 12.0. The van der Waals surface area contributed by atoms with Gasteiger partial charge < -0.3 is 10.0 Å². The van der Waals surface area contributed by atoms with Crippen LogP contribution >= 0.6 is 22.7 Å². The standard InChI is InChI=1S/C11H11NO3S2/c1-6(11(14)15)12(2)10(13)9-5-8-7(17-9)3-4-16-8/h3-6H,1-2H3,(H,14,15). The molecule has 1 N–H and O–H groups in total. The first-order valence-corrected chi connectivity index (χ1v) is 6.67. The van der Waals surface area contributed by atoms with Crippen molar-refractivity contribution in [3.05, 3.63) is 22.4 Å². The molecule has 2 rings (SSSR count). The highest BCUT2D eigenvalue weighted by atomic mass is 32.1. The molecule has 1 amide bonds. The monoisotopic (exact) mass is 269 g/mol. The molecule has 0 bridgehead atoms. The zero-order chi connectivity index (χ0) is 12.6. The zero-order valence-corrected chi connectivity index (χ0v) is 11.0. The topological polar surface area (TPSA) is 57.6 Å². The molecular weight excluding hydrogens is 258 g/mol. The lowest BCUT2D eigenvalue weighted by Gasteiger charge is -2.20. The second kappa shape index (κ2) is 4.46. The molecule has 0 fully saturated rings. The Kier molecular flexibility index (Phi) is 3.17. The van der Waals surface area contributed by atoms with Crippen LogP contribution in [0, 0.1) is 0 Å². The number of carboxylic acid groups (broad SMARTS) is 1. The summed E-state index contributed by atoms with van der Waals surface area (Å²) in [5.41, 5.74) is 0. The van der Waals surface area contributed by atoms with Crippen molar-refractivity contribution < 1.29 is 14.7 Å². The average molecular weight is 269 g/mol. The molecule has 6 heteroatoms. The Morgan fingerprint density at radius 2 is 2.12 bits per heavy atom. The molecule has 2 aromatic rings. The molecular formula is C11H11NO3S2. The number of carboxylic acids is 1. The number of hydrogen-bond donors (Lipinski definition) is 1. The van der Waals surface area contributed by atoms with Crippen molar-refractivity contribution in [3.8, 4) is 0 Å². The van der Waals surface area contributed by atoms with Crippen molar-refractivity contribution >= 4 is 43.9 Å². The molecule has 0 aliphatic heterocycles. The predicted octanol–water partition coefficient (Wildman–Crippen LogP) is 2.51. The van der Waals surface area contributed by atoms with Crippen LogP contribution in [0.15, 0.2) is 17.5 Å². The molecule has 17 heavy (non-hydrogen) atoms. The van der Waals surface area contributed by atoms with Crippen LogP contribution in [0.25, 0.3) is 9.40 Å². The van der Waals surface area contributed by atoms with E-state index in [0.717, 1.165) is 9.40 Å². The predicted molar refractivity (Wildman–Crippen MR) is 68.9 cm³/mol. The zero-order valence-electron chi connectivity index (χ0n) is 9.34. The summed E-state index contributed by atoms with van der Waals surface area (Å²) in [4.78, 5) is 24.7. The number of rotatable bonds is 3. The van der Waals surface area contributed by atoms with Crippen molar-refractivity contribution in [2.75, 3.05) is 7.05 Å². The van der Waals surface area contributed by atoms with Gasteiger partial charge in [-0.2, -0.15) is 0 Å². The van der Waals surface area contributed by atoms with Crippen LogP contribution < -0.4 is 0 Å². The molecule has 0 aliphatic carbocycles. The van der Waals surface area contributed by atoms with Crippen molar-refractivity contribution in [2.24, 2.45) is 0 Å². The van der Waals surface area contributed by atoms with Gasteiger partial charge >= 0.3 is 5.97 Å². The van der Waals surface area contributed by atoms with Crippen molar-refractivity contribution in [1.29, 1.82) is 0 Å². The van der Waals surface area contributed by atoms with E-state index in [1.807, 2.05) is 17.5 Å². The summed E-state index contributed by atoms with van der Waals surface area (Å²) in [6.45, 7) is 1.50. The van der Waals surface area contributed by atoms with Crippen molar-refractivity contribution in [3.63, 3.8) is 0 Å². The van der Waals surface area contributed by atoms with E-state index in [0.29, 0.717) is 4.88 Å². The van der Waals surface area contributed by atoms with E-state index in [4.69, 9.17) is 5.11 Å². The minimum absolute atomic E-state index is 0.242. The second-order valence-corrected chi connectivity index (χ2v) is 5.72. The molecule has 2 heterocycles. The first-order chi connectivity index (χ1) is 8.00. The molecule has 0 saturated carbocycles. The summed E-state index contributed by atoms with van der Waals surface area (Å²) in [5.74, 6) is -1.24. The Morgan fingerprint density at radius 1 is 1.41 bits per heavy atom. The number of aliphatic carboxylic acids is 1. The molecule has 0 aliphatic rings. The van der Waals surface area contributed by atoms with E-state index < -0.39 is 12.0 Å². The summed E-state index contributed by atoms with van der Waals surface area (Å²) >= 11 is 2.97. The first-order valence-electron chi connectivity index (χ1n) is 4.97. The minimum atomic E-state index is -1.00. The smallest absolute Gasteiger partial charge is 0.326 e. The molecule has 0 radical (unpaired) electrons.